The summed E-state index contributed by atoms with van der Waals surface area (Å²) in [5, 5.41) is 3.62. The van der Waals surface area contributed by atoms with Crippen molar-refractivity contribution in [3.8, 4) is 0 Å². The normalized spacial score (nSPS) is 20.3. The van der Waals surface area contributed by atoms with Gasteiger partial charge in [0.1, 0.15) is 0 Å². The maximum absolute atomic E-state index is 12.4. The first-order valence-corrected chi connectivity index (χ1v) is 8.48. The quantitative estimate of drug-likeness (QED) is 0.839. The van der Waals surface area contributed by atoms with E-state index in [0.717, 1.165) is 51.4 Å². The van der Waals surface area contributed by atoms with Gasteiger partial charge in [0, 0.05) is 44.6 Å². The molecule has 2 fully saturated rings. The van der Waals surface area contributed by atoms with Crippen LogP contribution in [0.4, 0.5) is 5.95 Å². The van der Waals surface area contributed by atoms with E-state index in [4.69, 9.17) is 4.52 Å². The zero-order chi connectivity index (χ0) is 16.4. The van der Waals surface area contributed by atoms with Gasteiger partial charge in [-0.3, -0.25) is 4.79 Å². The largest absolute Gasteiger partial charge is 0.351 e. The van der Waals surface area contributed by atoms with E-state index >= 15 is 0 Å². The highest BCUT2D eigenvalue weighted by atomic mass is 16.5. The van der Waals surface area contributed by atoms with Crippen LogP contribution in [0.25, 0.3) is 0 Å². The fourth-order valence-corrected chi connectivity index (χ4v) is 3.91. The number of amides is 1. The number of rotatable bonds is 2. The zero-order valence-corrected chi connectivity index (χ0v) is 13.6. The number of carbonyl (C=O) groups is 1. The van der Waals surface area contributed by atoms with Crippen LogP contribution in [0.2, 0.25) is 0 Å². The predicted molar refractivity (Wildman–Crippen MR) is 87.6 cm³/mol. The van der Waals surface area contributed by atoms with E-state index in [1.54, 1.807) is 18.5 Å². The molecule has 4 heterocycles. The van der Waals surface area contributed by atoms with E-state index in [0.29, 0.717) is 5.76 Å². The van der Waals surface area contributed by atoms with Crippen molar-refractivity contribution in [1.29, 1.82) is 0 Å². The summed E-state index contributed by atoms with van der Waals surface area (Å²) in [5.41, 5.74) is 0.260. The lowest BCUT2D eigenvalue weighted by Gasteiger charge is -2.47. The monoisotopic (exact) mass is 327 g/mol. The van der Waals surface area contributed by atoms with Gasteiger partial charge < -0.3 is 14.3 Å². The van der Waals surface area contributed by atoms with Crippen LogP contribution in [0.3, 0.4) is 0 Å². The summed E-state index contributed by atoms with van der Waals surface area (Å²) in [6.07, 6.45) is 9.48. The van der Waals surface area contributed by atoms with Crippen LogP contribution in [0.5, 0.6) is 0 Å². The van der Waals surface area contributed by atoms with E-state index in [1.165, 1.54) is 12.6 Å². The molecule has 4 rings (SSSR count). The van der Waals surface area contributed by atoms with Crippen LogP contribution < -0.4 is 4.90 Å². The Balaban J connectivity index is 1.41. The van der Waals surface area contributed by atoms with Gasteiger partial charge in [-0.2, -0.15) is 0 Å². The van der Waals surface area contributed by atoms with Gasteiger partial charge in [-0.1, -0.05) is 5.16 Å². The molecule has 0 bridgehead atoms. The number of nitrogens with zero attached hydrogens (tertiary/aromatic N) is 5. The van der Waals surface area contributed by atoms with Gasteiger partial charge in [-0.25, -0.2) is 9.97 Å². The summed E-state index contributed by atoms with van der Waals surface area (Å²) in [7, 11) is 0. The minimum absolute atomic E-state index is 0.0543. The summed E-state index contributed by atoms with van der Waals surface area (Å²) >= 11 is 0. The average molecular weight is 327 g/mol. The smallest absolute Gasteiger partial charge is 0.292 e. The Labute approximate surface area is 140 Å². The number of aromatic nitrogens is 3. The van der Waals surface area contributed by atoms with Gasteiger partial charge in [-0.05, 0) is 37.2 Å². The molecule has 24 heavy (non-hydrogen) atoms. The molecule has 1 spiro atoms. The third-order valence-corrected chi connectivity index (χ3v) is 5.26. The van der Waals surface area contributed by atoms with Crippen molar-refractivity contribution in [3.63, 3.8) is 0 Å². The Morgan fingerprint density at radius 3 is 2.58 bits per heavy atom. The predicted octanol–water partition coefficient (Wildman–Crippen LogP) is 1.99. The fourth-order valence-electron chi connectivity index (χ4n) is 3.91. The second-order valence-corrected chi connectivity index (χ2v) is 6.74. The molecule has 2 saturated heterocycles. The summed E-state index contributed by atoms with van der Waals surface area (Å²) in [5.74, 6) is 1.09. The number of anilines is 1. The van der Waals surface area contributed by atoms with Crippen LogP contribution in [-0.2, 0) is 0 Å². The molecule has 0 saturated carbocycles. The highest BCUT2D eigenvalue weighted by Gasteiger charge is 2.40. The lowest BCUT2D eigenvalue weighted by molar-refractivity contribution is 0.0504. The number of hydrogen-bond acceptors (Lipinski definition) is 6. The molecule has 0 N–H and O–H groups in total. The molecule has 0 unspecified atom stereocenters. The van der Waals surface area contributed by atoms with Crippen molar-refractivity contribution in [3.05, 3.63) is 36.5 Å². The molecule has 2 aromatic heterocycles. The highest BCUT2D eigenvalue weighted by Crippen LogP contribution is 2.40. The molecule has 0 radical (unpaired) electrons. The Hall–Kier alpha value is -2.44. The maximum Gasteiger partial charge on any atom is 0.292 e. The van der Waals surface area contributed by atoms with Crippen LogP contribution >= 0.6 is 0 Å². The topological polar surface area (TPSA) is 75.4 Å². The molecule has 0 aliphatic carbocycles. The number of hydrogen-bond donors (Lipinski definition) is 0. The molecule has 0 atom stereocenters. The van der Waals surface area contributed by atoms with Crippen molar-refractivity contribution < 1.29 is 9.32 Å². The second-order valence-electron chi connectivity index (χ2n) is 6.74. The average Bonchev–Trinajstić information content (AvgIpc) is 3.17. The van der Waals surface area contributed by atoms with E-state index in [9.17, 15) is 4.79 Å². The molecule has 2 aliphatic heterocycles. The Bertz CT molecular complexity index is 680. The first-order valence-electron chi connectivity index (χ1n) is 8.48. The molecule has 126 valence electrons. The zero-order valence-electron chi connectivity index (χ0n) is 13.6. The summed E-state index contributed by atoms with van der Waals surface area (Å²) < 4.78 is 4.99. The van der Waals surface area contributed by atoms with Gasteiger partial charge in [0.2, 0.25) is 11.7 Å². The Morgan fingerprint density at radius 1 is 1.08 bits per heavy atom. The van der Waals surface area contributed by atoms with Crippen LogP contribution in [0, 0.1) is 5.41 Å². The van der Waals surface area contributed by atoms with Gasteiger partial charge in [-0.15, -0.1) is 0 Å². The first kappa shape index (κ1) is 15.1. The third kappa shape index (κ3) is 2.86. The number of likely N-dealkylation sites (tertiary alicyclic amines) is 1. The molecular formula is C17H21N5O2. The fraction of sp³-hybridized carbons (Fsp3) is 0.529. The molecule has 1 amide bonds. The van der Waals surface area contributed by atoms with Gasteiger partial charge in [0.15, 0.2) is 0 Å². The minimum atomic E-state index is -0.0543. The molecule has 2 aliphatic rings. The third-order valence-electron chi connectivity index (χ3n) is 5.26. The Morgan fingerprint density at radius 2 is 1.88 bits per heavy atom. The van der Waals surface area contributed by atoms with E-state index in [2.05, 4.69) is 20.0 Å². The van der Waals surface area contributed by atoms with Crippen molar-refractivity contribution in [2.75, 3.05) is 31.1 Å². The Kier molecular flexibility index (Phi) is 3.92. The van der Waals surface area contributed by atoms with Gasteiger partial charge in [0.25, 0.3) is 5.91 Å². The van der Waals surface area contributed by atoms with Crippen LogP contribution in [-0.4, -0.2) is 52.1 Å². The first-order chi connectivity index (χ1) is 11.8. The molecule has 0 aromatic carbocycles. The van der Waals surface area contributed by atoms with Crippen molar-refractivity contribution in [1.82, 2.24) is 20.0 Å². The van der Waals surface area contributed by atoms with E-state index in [1.807, 2.05) is 11.0 Å². The molecule has 2 aromatic rings. The van der Waals surface area contributed by atoms with Crippen LogP contribution in [0.1, 0.15) is 36.2 Å². The standard InChI is InChI=1S/C17H21N5O2/c23-15(14-3-9-20-24-14)21-11-5-17(6-12-21)4-1-10-22(13-17)16-18-7-2-8-19-16/h2-3,7-9H,1,4-6,10-13H2. The van der Waals surface area contributed by atoms with Gasteiger partial charge in [0.05, 0.1) is 6.20 Å². The molecule has 7 heteroatoms. The maximum atomic E-state index is 12.4. The summed E-state index contributed by atoms with van der Waals surface area (Å²) in [6, 6.07) is 3.47. The summed E-state index contributed by atoms with van der Waals surface area (Å²) in [4.78, 5) is 25.3. The number of carbonyl (C=O) groups excluding carboxylic acids is 1. The van der Waals surface area contributed by atoms with Crippen molar-refractivity contribution >= 4 is 11.9 Å². The van der Waals surface area contributed by atoms with Crippen LogP contribution in [0.15, 0.2) is 35.2 Å². The molecule has 7 nitrogen and oxygen atoms in total. The SMILES string of the molecule is O=C(c1ccno1)N1CCC2(CCCN(c3ncccn3)C2)CC1. The lowest BCUT2D eigenvalue weighted by atomic mass is 9.72. The highest BCUT2D eigenvalue weighted by molar-refractivity contribution is 5.91. The van der Waals surface area contributed by atoms with Crippen molar-refractivity contribution in [2.45, 2.75) is 25.7 Å². The minimum Gasteiger partial charge on any atom is -0.351 e. The van der Waals surface area contributed by atoms with Gasteiger partial charge >= 0.3 is 0 Å². The van der Waals surface area contributed by atoms with E-state index < -0.39 is 0 Å². The van der Waals surface area contributed by atoms with Crippen molar-refractivity contribution in [2.24, 2.45) is 5.41 Å². The molecular weight excluding hydrogens is 306 g/mol. The lowest BCUT2D eigenvalue weighted by Crippen LogP contribution is -2.51. The number of piperidine rings is 2. The van der Waals surface area contributed by atoms with E-state index in [-0.39, 0.29) is 11.3 Å². The summed E-state index contributed by atoms with van der Waals surface area (Å²) in [6.45, 7) is 3.51. The second kappa shape index (κ2) is 6.22.